The Morgan fingerprint density at radius 1 is 1.17 bits per heavy atom. The van der Waals surface area contributed by atoms with Crippen molar-refractivity contribution in [2.75, 3.05) is 25.0 Å². The smallest absolute Gasteiger partial charge is 0.414 e. The van der Waals surface area contributed by atoms with E-state index in [1.807, 2.05) is 46.8 Å². The van der Waals surface area contributed by atoms with E-state index >= 15 is 0 Å². The summed E-state index contributed by atoms with van der Waals surface area (Å²) in [5, 5.41) is -0.600. The summed E-state index contributed by atoms with van der Waals surface area (Å²) in [4.78, 5) is 25.3. The predicted molar refractivity (Wildman–Crippen MR) is 118 cm³/mol. The Balaban J connectivity index is 2.19. The zero-order valence-corrected chi connectivity index (χ0v) is 19.9. The van der Waals surface area contributed by atoms with Gasteiger partial charge in [0.1, 0.15) is 11.4 Å². The molecule has 8 heteroatoms. The number of hydrogen-bond donors (Lipinski definition) is 0. The van der Waals surface area contributed by atoms with Crippen molar-refractivity contribution in [2.45, 2.75) is 71.7 Å². The molecule has 0 saturated carbocycles. The lowest BCUT2D eigenvalue weighted by atomic mass is 9.97. The molecule has 1 aliphatic heterocycles. The molecule has 1 aliphatic rings. The quantitative estimate of drug-likeness (QED) is 0.701. The van der Waals surface area contributed by atoms with Crippen LogP contribution in [-0.2, 0) is 26.0 Å². The molecule has 7 nitrogen and oxygen atoms in total. The van der Waals surface area contributed by atoms with Crippen molar-refractivity contribution in [3.05, 3.63) is 28.8 Å². The molecule has 1 aromatic carbocycles. The molecule has 1 aromatic rings. The van der Waals surface area contributed by atoms with Crippen molar-refractivity contribution in [1.82, 2.24) is 4.31 Å². The molecule has 1 saturated heterocycles. The Kier molecular flexibility index (Phi) is 7.35. The molecule has 0 radical (unpaired) electrons. The van der Waals surface area contributed by atoms with Crippen LogP contribution in [0.4, 0.5) is 10.5 Å². The van der Waals surface area contributed by atoms with Gasteiger partial charge in [-0.05, 0) is 76.8 Å². The molecule has 0 aliphatic carbocycles. The maximum absolute atomic E-state index is 13.0. The number of hydrogen-bond acceptors (Lipinski definition) is 5. The third-order valence-electron chi connectivity index (χ3n) is 5.38. The molecule has 30 heavy (non-hydrogen) atoms. The van der Waals surface area contributed by atoms with E-state index in [2.05, 4.69) is 0 Å². The number of carbonyl (C=O) groups excluding carboxylic acids is 2. The normalized spacial score (nSPS) is 17.0. The molecule has 1 unspecified atom stereocenters. The van der Waals surface area contributed by atoms with Crippen LogP contribution in [0.2, 0.25) is 0 Å². The lowest BCUT2D eigenvalue weighted by Crippen LogP contribution is -2.43. The summed E-state index contributed by atoms with van der Waals surface area (Å²) in [6.07, 6.45) is 0.511. The highest BCUT2D eigenvalue weighted by molar-refractivity contribution is 7.89. The second-order valence-corrected chi connectivity index (χ2v) is 11.4. The lowest BCUT2D eigenvalue weighted by molar-refractivity contribution is -0.120. The third kappa shape index (κ3) is 5.82. The minimum atomic E-state index is -3.48. The predicted octanol–water partition coefficient (Wildman–Crippen LogP) is 3.60. The number of nitrogens with zero attached hydrogens (tertiary/aromatic N) is 2. The first kappa shape index (κ1) is 24.3. The summed E-state index contributed by atoms with van der Waals surface area (Å²) in [5.74, 6) is 0.116. The Morgan fingerprint density at radius 3 is 2.13 bits per heavy atom. The van der Waals surface area contributed by atoms with Gasteiger partial charge in [-0.1, -0.05) is 0 Å². The number of piperidine rings is 1. The van der Waals surface area contributed by atoms with Gasteiger partial charge >= 0.3 is 6.09 Å². The van der Waals surface area contributed by atoms with Gasteiger partial charge in [0.25, 0.3) is 0 Å². The number of Topliss-reactive ketones (excluding diaryl/α,β-unsaturated/α-hetero) is 1. The van der Waals surface area contributed by atoms with E-state index in [9.17, 15) is 18.0 Å². The van der Waals surface area contributed by atoms with Crippen LogP contribution >= 0.6 is 0 Å². The van der Waals surface area contributed by atoms with E-state index < -0.39 is 27.0 Å². The van der Waals surface area contributed by atoms with Crippen molar-refractivity contribution in [3.8, 4) is 0 Å². The molecule has 2 rings (SSSR count). The van der Waals surface area contributed by atoms with Crippen molar-refractivity contribution in [1.29, 1.82) is 0 Å². The Morgan fingerprint density at radius 2 is 1.67 bits per heavy atom. The first-order chi connectivity index (χ1) is 13.7. The van der Waals surface area contributed by atoms with Gasteiger partial charge in [0.15, 0.2) is 0 Å². The van der Waals surface area contributed by atoms with Crippen molar-refractivity contribution >= 4 is 27.6 Å². The van der Waals surface area contributed by atoms with Crippen LogP contribution in [0.3, 0.4) is 0 Å². The molecule has 0 bridgehead atoms. The molecule has 168 valence electrons. The van der Waals surface area contributed by atoms with Crippen molar-refractivity contribution in [2.24, 2.45) is 0 Å². The van der Waals surface area contributed by atoms with E-state index in [1.54, 1.807) is 14.0 Å². The average Bonchev–Trinajstić information content (AvgIpc) is 2.62. The molecule has 1 fully saturated rings. The van der Waals surface area contributed by atoms with E-state index in [1.165, 1.54) is 9.21 Å². The maximum Gasteiger partial charge on any atom is 0.414 e. The summed E-state index contributed by atoms with van der Waals surface area (Å²) in [7, 11) is -1.82. The van der Waals surface area contributed by atoms with E-state index in [4.69, 9.17) is 4.74 Å². The van der Waals surface area contributed by atoms with E-state index in [0.717, 1.165) is 16.7 Å². The van der Waals surface area contributed by atoms with Crippen LogP contribution in [0.5, 0.6) is 0 Å². The molecular formula is C22H34N2O5S. The summed E-state index contributed by atoms with van der Waals surface area (Å²) < 4.78 is 32.8. The summed E-state index contributed by atoms with van der Waals surface area (Å²) in [6.45, 7) is 11.5. The molecule has 1 atom stereocenters. The highest BCUT2D eigenvalue weighted by Crippen LogP contribution is 2.27. The van der Waals surface area contributed by atoms with Crippen LogP contribution < -0.4 is 4.90 Å². The number of ether oxygens (including phenoxy) is 1. The summed E-state index contributed by atoms with van der Waals surface area (Å²) in [6, 6.07) is 3.76. The first-order valence-corrected chi connectivity index (χ1v) is 11.8. The second kappa shape index (κ2) is 9.06. The first-order valence-electron chi connectivity index (χ1n) is 10.3. The molecule has 0 spiro atoms. The van der Waals surface area contributed by atoms with Crippen molar-refractivity contribution < 1.29 is 22.7 Å². The Hall–Kier alpha value is -1.93. The minimum Gasteiger partial charge on any atom is -0.443 e. The van der Waals surface area contributed by atoms with E-state index in [-0.39, 0.29) is 31.7 Å². The number of rotatable bonds is 5. The fraction of sp³-hybridized carbons (Fsp3) is 0.636. The van der Waals surface area contributed by atoms with Gasteiger partial charge in [0.05, 0.1) is 5.25 Å². The second-order valence-electron chi connectivity index (χ2n) is 9.09. The summed E-state index contributed by atoms with van der Waals surface area (Å²) >= 11 is 0. The van der Waals surface area contributed by atoms with Crippen molar-refractivity contribution in [3.63, 3.8) is 0 Å². The lowest BCUT2D eigenvalue weighted by Gasteiger charge is -2.29. The summed E-state index contributed by atoms with van der Waals surface area (Å²) in [5.41, 5.74) is 2.93. The number of anilines is 1. The fourth-order valence-electron chi connectivity index (χ4n) is 3.56. The molecular weight excluding hydrogens is 404 g/mol. The highest BCUT2D eigenvalue weighted by Gasteiger charge is 2.32. The zero-order chi connectivity index (χ0) is 22.9. The number of benzene rings is 1. The van der Waals surface area contributed by atoms with Gasteiger partial charge in [-0.3, -0.25) is 9.69 Å². The molecule has 1 heterocycles. The van der Waals surface area contributed by atoms with E-state index in [0.29, 0.717) is 12.1 Å². The number of aryl methyl sites for hydroxylation is 2. The van der Waals surface area contributed by atoms with Crippen LogP contribution in [0.25, 0.3) is 0 Å². The van der Waals surface area contributed by atoms with Crippen LogP contribution in [-0.4, -0.2) is 55.6 Å². The number of ketones is 1. The zero-order valence-electron chi connectivity index (χ0n) is 19.1. The van der Waals surface area contributed by atoms with Crippen LogP contribution in [0.1, 0.15) is 57.2 Å². The fourth-order valence-corrected chi connectivity index (χ4v) is 5.14. The van der Waals surface area contributed by atoms with Crippen LogP contribution in [0, 0.1) is 13.8 Å². The van der Waals surface area contributed by atoms with Gasteiger partial charge < -0.3 is 4.74 Å². The monoisotopic (exact) mass is 438 g/mol. The van der Waals surface area contributed by atoms with Gasteiger partial charge in [-0.15, -0.1) is 0 Å². The number of sulfonamides is 1. The van der Waals surface area contributed by atoms with Gasteiger partial charge in [-0.25, -0.2) is 17.5 Å². The van der Waals surface area contributed by atoms with Gasteiger partial charge in [-0.2, -0.15) is 0 Å². The Labute approximate surface area is 180 Å². The maximum atomic E-state index is 13.0. The minimum absolute atomic E-state index is 0.116. The number of amides is 1. The molecule has 0 aromatic heterocycles. The molecule has 1 amide bonds. The standard InChI is InChI=1S/C22H34N2O5S/c1-15-12-18(23(7)21(26)29-22(4,5)6)13-16(2)20(15)14-17(3)30(27,28)24-10-8-19(25)9-11-24/h12-13,17H,8-11,14H2,1-7H3. The Bertz CT molecular complexity index is 885. The highest BCUT2D eigenvalue weighted by atomic mass is 32.2. The molecule has 0 N–H and O–H groups in total. The third-order valence-corrected chi connectivity index (χ3v) is 7.64. The van der Waals surface area contributed by atoms with Gasteiger partial charge in [0, 0.05) is 38.7 Å². The van der Waals surface area contributed by atoms with Crippen LogP contribution in [0.15, 0.2) is 12.1 Å². The topological polar surface area (TPSA) is 84.0 Å². The SMILES string of the molecule is Cc1cc(N(C)C(=O)OC(C)(C)C)cc(C)c1CC(C)S(=O)(=O)N1CCC(=O)CC1. The number of carbonyl (C=O) groups is 2. The van der Waals surface area contributed by atoms with Gasteiger partial charge in [0.2, 0.25) is 10.0 Å². The largest absolute Gasteiger partial charge is 0.443 e. The average molecular weight is 439 g/mol.